The summed E-state index contributed by atoms with van der Waals surface area (Å²) in [6.45, 7) is 9.58. The molecule has 4 nitrogen and oxygen atoms in total. The van der Waals surface area contributed by atoms with Crippen LogP contribution in [0, 0.1) is 11.3 Å². The number of ether oxygens (including phenoxy) is 1. The van der Waals surface area contributed by atoms with Gasteiger partial charge in [0.2, 0.25) is 5.91 Å². The summed E-state index contributed by atoms with van der Waals surface area (Å²) in [5.41, 5.74) is 6.39. The molecule has 0 aliphatic heterocycles. The Morgan fingerprint density at radius 2 is 2.00 bits per heavy atom. The van der Waals surface area contributed by atoms with E-state index in [2.05, 4.69) is 33.0 Å². The van der Waals surface area contributed by atoms with Crippen molar-refractivity contribution < 1.29 is 9.53 Å². The van der Waals surface area contributed by atoms with Crippen molar-refractivity contribution in [2.24, 2.45) is 17.1 Å². The first-order valence-electron chi connectivity index (χ1n) is 7.53. The van der Waals surface area contributed by atoms with Crippen molar-refractivity contribution in [3.05, 3.63) is 24.3 Å². The van der Waals surface area contributed by atoms with E-state index in [0.717, 1.165) is 6.42 Å². The third-order valence-corrected chi connectivity index (χ3v) is 3.03. The van der Waals surface area contributed by atoms with E-state index in [0.29, 0.717) is 36.9 Å². The van der Waals surface area contributed by atoms with Crippen LogP contribution in [-0.2, 0) is 4.79 Å². The average molecular weight is 292 g/mol. The van der Waals surface area contributed by atoms with Crippen molar-refractivity contribution in [2.75, 3.05) is 18.5 Å². The third-order valence-electron chi connectivity index (χ3n) is 3.03. The molecule has 0 aliphatic rings. The predicted octanol–water partition coefficient (Wildman–Crippen LogP) is 3.43. The lowest BCUT2D eigenvalue weighted by molar-refractivity contribution is -0.117. The summed E-state index contributed by atoms with van der Waals surface area (Å²) in [7, 11) is 0. The fourth-order valence-electron chi connectivity index (χ4n) is 2.50. The predicted molar refractivity (Wildman–Crippen MR) is 87.5 cm³/mol. The zero-order chi connectivity index (χ0) is 15.9. The Labute approximate surface area is 128 Å². The fourth-order valence-corrected chi connectivity index (χ4v) is 2.50. The van der Waals surface area contributed by atoms with Gasteiger partial charge in [-0.2, -0.15) is 0 Å². The highest BCUT2D eigenvalue weighted by molar-refractivity contribution is 5.92. The average Bonchev–Trinajstić information content (AvgIpc) is 2.35. The Bertz CT molecular complexity index is 452. The second kappa shape index (κ2) is 8.03. The van der Waals surface area contributed by atoms with Crippen molar-refractivity contribution in [3.8, 4) is 5.75 Å². The highest BCUT2D eigenvalue weighted by Gasteiger charge is 2.18. The molecule has 21 heavy (non-hydrogen) atoms. The van der Waals surface area contributed by atoms with Crippen LogP contribution >= 0.6 is 0 Å². The zero-order valence-corrected chi connectivity index (χ0v) is 13.6. The first kappa shape index (κ1) is 17.5. The van der Waals surface area contributed by atoms with Gasteiger partial charge in [-0.1, -0.05) is 39.8 Å². The number of amides is 1. The number of rotatable bonds is 7. The number of benzene rings is 1. The molecular weight excluding hydrogens is 264 g/mol. The number of nitrogens with one attached hydrogen (secondary N) is 1. The van der Waals surface area contributed by atoms with Crippen LogP contribution in [0.5, 0.6) is 5.75 Å². The van der Waals surface area contributed by atoms with E-state index in [1.54, 1.807) is 0 Å². The lowest BCUT2D eigenvalue weighted by Crippen LogP contribution is -2.19. The van der Waals surface area contributed by atoms with Gasteiger partial charge < -0.3 is 15.8 Å². The fraction of sp³-hybridized carbons (Fsp3) is 0.588. The Hall–Kier alpha value is -1.55. The van der Waals surface area contributed by atoms with E-state index in [1.807, 2.05) is 24.3 Å². The van der Waals surface area contributed by atoms with E-state index < -0.39 is 0 Å². The smallest absolute Gasteiger partial charge is 0.224 e. The number of hydrogen-bond donors (Lipinski definition) is 2. The van der Waals surface area contributed by atoms with Crippen molar-refractivity contribution in [3.63, 3.8) is 0 Å². The van der Waals surface area contributed by atoms with Gasteiger partial charge in [-0.05, 0) is 29.9 Å². The van der Waals surface area contributed by atoms with Crippen LogP contribution in [0.4, 0.5) is 5.69 Å². The Balaban J connectivity index is 2.58. The summed E-state index contributed by atoms with van der Waals surface area (Å²) in [6, 6.07) is 7.44. The summed E-state index contributed by atoms with van der Waals surface area (Å²) >= 11 is 0. The molecule has 0 saturated heterocycles. The highest BCUT2D eigenvalue weighted by atomic mass is 16.5. The van der Waals surface area contributed by atoms with Crippen molar-refractivity contribution in [1.29, 1.82) is 0 Å². The second-order valence-corrected chi connectivity index (χ2v) is 6.76. The van der Waals surface area contributed by atoms with Crippen molar-refractivity contribution >= 4 is 11.6 Å². The number of nitrogens with two attached hydrogens (primary N) is 1. The molecule has 1 amide bonds. The molecule has 4 heteroatoms. The van der Waals surface area contributed by atoms with Gasteiger partial charge in [0.25, 0.3) is 0 Å². The molecule has 1 aromatic carbocycles. The topological polar surface area (TPSA) is 64.3 Å². The van der Waals surface area contributed by atoms with Crippen LogP contribution < -0.4 is 15.8 Å². The molecule has 1 aromatic rings. The van der Waals surface area contributed by atoms with Gasteiger partial charge in [0, 0.05) is 13.0 Å². The van der Waals surface area contributed by atoms with E-state index in [9.17, 15) is 4.79 Å². The molecule has 1 rings (SSSR count). The van der Waals surface area contributed by atoms with Crippen LogP contribution in [0.2, 0.25) is 0 Å². The maximum Gasteiger partial charge on any atom is 0.224 e. The molecule has 3 N–H and O–H groups in total. The quantitative estimate of drug-likeness (QED) is 0.809. The van der Waals surface area contributed by atoms with E-state index in [-0.39, 0.29) is 11.3 Å². The van der Waals surface area contributed by atoms with Crippen LogP contribution in [0.25, 0.3) is 0 Å². The molecule has 0 heterocycles. The van der Waals surface area contributed by atoms with Gasteiger partial charge in [0.15, 0.2) is 0 Å². The summed E-state index contributed by atoms with van der Waals surface area (Å²) < 4.78 is 5.53. The normalized spacial score (nSPS) is 12.8. The van der Waals surface area contributed by atoms with Gasteiger partial charge in [0.1, 0.15) is 12.4 Å². The lowest BCUT2D eigenvalue weighted by Gasteiger charge is -2.23. The highest BCUT2D eigenvalue weighted by Crippen LogP contribution is 2.27. The number of carbonyl (C=O) groups excluding carboxylic acids is 1. The maximum atomic E-state index is 12.1. The standard InChI is InChI=1S/C17H28N2O2/c1-13(12-17(2,3)4)11-16(20)19-14-7-5-6-8-15(14)21-10-9-18/h5-8,13H,9-12,18H2,1-4H3,(H,19,20). The van der Waals surface area contributed by atoms with Crippen molar-refractivity contribution in [1.82, 2.24) is 0 Å². The molecule has 0 saturated carbocycles. The Morgan fingerprint density at radius 1 is 1.33 bits per heavy atom. The minimum Gasteiger partial charge on any atom is -0.490 e. The van der Waals surface area contributed by atoms with Gasteiger partial charge in [-0.25, -0.2) is 0 Å². The SMILES string of the molecule is CC(CC(=O)Nc1ccccc1OCCN)CC(C)(C)C. The second-order valence-electron chi connectivity index (χ2n) is 6.76. The molecule has 0 spiro atoms. The van der Waals surface area contributed by atoms with E-state index >= 15 is 0 Å². The molecule has 1 atom stereocenters. The third kappa shape index (κ3) is 7.14. The van der Waals surface area contributed by atoms with E-state index in [4.69, 9.17) is 10.5 Å². The minimum atomic E-state index is 0.0237. The number of carbonyl (C=O) groups is 1. The number of hydrogen-bond acceptors (Lipinski definition) is 3. The van der Waals surface area contributed by atoms with Crippen LogP contribution in [-0.4, -0.2) is 19.1 Å². The monoisotopic (exact) mass is 292 g/mol. The first-order valence-corrected chi connectivity index (χ1v) is 7.53. The Kier molecular flexibility index (Phi) is 6.69. The van der Waals surface area contributed by atoms with Gasteiger partial charge in [0.05, 0.1) is 5.69 Å². The molecule has 0 bridgehead atoms. The molecule has 0 aromatic heterocycles. The molecule has 0 aliphatic carbocycles. The van der Waals surface area contributed by atoms with Crippen LogP contribution in [0.3, 0.4) is 0 Å². The van der Waals surface area contributed by atoms with Crippen LogP contribution in [0.15, 0.2) is 24.3 Å². The van der Waals surface area contributed by atoms with Gasteiger partial charge >= 0.3 is 0 Å². The molecule has 0 fully saturated rings. The minimum absolute atomic E-state index is 0.0237. The lowest BCUT2D eigenvalue weighted by atomic mass is 9.84. The van der Waals surface area contributed by atoms with Crippen LogP contribution in [0.1, 0.15) is 40.5 Å². The number of anilines is 1. The molecule has 0 radical (unpaired) electrons. The zero-order valence-electron chi connectivity index (χ0n) is 13.6. The summed E-state index contributed by atoms with van der Waals surface area (Å²) in [5.74, 6) is 1.04. The summed E-state index contributed by atoms with van der Waals surface area (Å²) in [4.78, 5) is 12.1. The molecule has 118 valence electrons. The number of para-hydroxylation sites is 2. The summed E-state index contributed by atoms with van der Waals surface area (Å²) in [6.07, 6.45) is 1.54. The van der Waals surface area contributed by atoms with E-state index in [1.165, 1.54) is 0 Å². The first-order chi connectivity index (χ1) is 9.81. The summed E-state index contributed by atoms with van der Waals surface area (Å²) in [5, 5.41) is 2.93. The molecule has 1 unspecified atom stereocenters. The van der Waals surface area contributed by atoms with Gasteiger partial charge in [-0.3, -0.25) is 4.79 Å². The van der Waals surface area contributed by atoms with Crippen molar-refractivity contribution in [2.45, 2.75) is 40.5 Å². The largest absolute Gasteiger partial charge is 0.490 e. The Morgan fingerprint density at radius 3 is 2.62 bits per heavy atom. The van der Waals surface area contributed by atoms with Gasteiger partial charge in [-0.15, -0.1) is 0 Å². The maximum absolute atomic E-state index is 12.1. The molecular formula is C17H28N2O2.